The molecule has 0 saturated heterocycles. The third-order valence-electron chi connectivity index (χ3n) is 3.08. The van der Waals surface area contributed by atoms with E-state index >= 15 is 0 Å². The van der Waals surface area contributed by atoms with Crippen LogP contribution in [-0.4, -0.2) is 18.4 Å². The zero-order chi connectivity index (χ0) is 16.7. The van der Waals surface area contributed by atoms with Crippen molar-refractivity contribution < 1.29 is 19.1 Å². The van der Waals surface area contributed by atoms with Gasteiger partial charge in [0.2, 0.25) is 0 Å². The number of rotatable bonds is 6. The molecule has 4 heteroatoms. The van der Waals surface area contributed by atoms with E-state index in [9.17, 15) is 9.59 Å². The molecule has 0 fully saturated rings. The number of Topliss-reactive ketones (excluding diaryl/α,β-unsaturated/α-hetero) is 1. The lowest BCUT2D eigenvalue weighted by Gasteiger charge is -2.03. The highest BCUT2D eigenvalue weighted by molar-refractivity contribution is 5.94. The van der Waals surface area contributed by atoms with Crippen LogP contribution in [0.25, 0.3) is 6.08 Å². The molecule has 0 bridgehead atoms. The Morgan fingerprint density at radius 1 is 0.957 bits per heavy atom. The molecule has 0 aromatic heterocycles. The Labute approximate surface area is 135 Å². The fourth-order valence-corrected chi connectivity index (χ4v) is 1.91. The van der Waals surface area contributed by atoms with Gasteiger partial charge in [0.15, 0.2) is 5.78 Å². The van der Waals surface area contributed by atoms with Gasteiger partial charge >= 0.3 is 5.97 Å². The van der Waals surface area contributed by atoms with E-state index in [1.54, 1.807) is 30.3 Å². The number of carbonyl (C=O) groups excluding carboxylic acids is 2. The number of hydrogen-bond acceptors (Lipinski definition) is 4. The monoisotopic (exact) mass is 310 g/mol. The van der Waals surface area contributed by atoms with Gasteiger partial charge in [-0.1, -0.05) is 12.1 Å². The molecule has 0 aliphatic heterocycles. The van der Waals surface area contributed by atoms with E-state index < -0.39 is 5.97 Å². The van der Waals surface area contributed by atoms with Crippen LogP contribution in [0.4, 0.5) is 0 Å². The third-order valence-corrected chi connectivity index (χ3v) is 3.08. The summed E-state index contributed by atoms with van der Waals surface area (Å²) in [5.41, 5.74) is 1.45. The van der Waals surface area contributed by atoms with Crippen LogP contribution in [0.5, 0.6) is 11.5 Å². The van der Waals surface area contributed by atoms with E-state index in [1.165, 1.54) is 13.0 Å². The van der Waals surface area contributed by atoms with Crippen LogP contribution < -0.4 is 9.47 Å². The van der Waals surface area contributed by atoms with Crippen molar-refractivity contribution in [2.24, 2.45) is 0 Å². The van der Waals surface area contributed by atoms with E-state index in [2.05, 4.69) is 0 Å². The minimum absolute atomic E-state index is 0.0294. The van der Waals surface area contributed by atoms with E-state index in [-0.39, 0.29) is 5.78 Å². The number of benzene rings is 2. The van der Waals surface area contributed by atoms with Crippen LogP contribution in [0.1, 0.15) is 29.8 Å². The largest absolute Gasteiger partial charge is 0.494 e. The van der Waals surface area contributed by atoms with Crippen LogP contribution in [0, 0.1) is 0 Å². The number of hydrogen-bond donors (Lipinski definition) is 0. The summed E-state index contributed by atoms with van der Waals surface area (Å²) >= 11 is 0. The van der Waals surface area contributed by atoms with Gasteiger partial charge in [-0.15, -0.1) is 0 Å². The molecule has 0 aliphatic carbocycles. The molecule has 23 heavy (non-hydrogen) atoms. The second kappa shape index (κ2) is 7.94. The normalized spacial score (nSPS) is 10.5. The lowest BCUT2D eigenvalue weighted by atomic mass is 10.1. The number of ether oxygens (including phenoxy) is 2. The molecule has 2 aromatic carbocycles. The summed E-state index contributed by atoms with van der Waals surface area (Å²) in [6.45, 7) is 4.03. The first-order chi connectivity index (χ1) is 11.1. The minimum atomic E-state index is -0.477. The van der Waals surface area contributed by atoms with Crippen LogP contribution in [0.15, 0.2) is 54.6 Å². The quantitative estimate of drug-likeness (QED) is 0.351. The highest BCUT2D eigenvalue weighted by Gasteiger charge is 2.03. The highest BCUT2D eigenvalue weighted by atomic mass is 16.5. The third kappa shape index (κ3) is 5.11. The van der Waals surface area contributed by atoms with Gasteiger partial charge in [-0.2, -0.15) is 0 Å². The Morgan fingerprint density at radius 2 is 1.57 bits per heavy atom. The van der Waals surface area contributed by atoms with Crippen molar-refractivity contribution in [2.75, 3.05) is 6.61 Å². The standard InChI is InChI=1S/C19H18O4/c1-3-22-17-9-4-15(5-10-17)6-13-19(21)23-18-11-7-16(8-12-18)14(2)20/h4-13H,3H2,1-2H3/b13-6+. The van der Waals surface area contributed by atoms with E-state index in [1.807, 2.05) is 31.2 Å². The predicted molar refractivity (Wildman–Crippen MR) is 88.7 cm³/mol. The first-order valence-corrected chi connectivity index (χ1v) is 7.32. The number of carbonyl (C=O) groups is 2. The Bertz CT molecular complexity index is 697. The Morgan fingerprint density at radius 3 is 2.13 bits per heavy atom. The fourth-order valence-electron chi connectivity index (χ4n) is 1.91. The zero-order valence-corrected chi connectivity index (χ0v) is 13.1. The lowest BCUT2D eigenvalue weighted by molar-refractivity contribution is -0.128. The molecule has 4 nitrogen and oxygen atoms in total. The molecule has 0 unspecified atom stereocenters. The predicted octanol–water partition coefficient (Wildman–Crippen LogP) is 3.91. The SMILES string of the molecule is CCOc1ccc(/C=C/C(=O)Oc2ccc(C(C)=O)cc2)cc1. The van der Waals surface area contributed by atoms with Crippen molar-refractivity contribution in [3.63, 3.8) is 0 Å². The Hall–Kier alpha value is -2.88. The van der Waals surface area contributed by atoms with Crippen LogP contribution in [-0.2, 0) is 4.79 Å². The smallest absolute Gasteiger partial charge is 0.336 e. The van der Waals surface area contributed by atoms with E-state index in [0.717, 1.165) is 11.3 Å². The van der Waals surface area contributed by atoms with Gasteiger partial charge in [0.05, 0.1) is 6.61 Å². The fraction of sp³-hybridized carbons (Fsp3) is 0.158. The van der Waals surface area contributed by atoms with Crippen molar-refractivity contribution in [3.05, 3.63) is 65.7 Å². The molecule has 2 aromatic rings. The average molecular weight is 310 g/mol. The van der Waals surface area contributed by atoms with Gasteiger partial charge in [0, 0.05) is 11.6 Å². The van der Waals surface area contributed by atoms with E-state index in [4.69, 9.17) is 9.47 Å². The minimum Gasteiger partial charge on any atom is -0.494 e. The highest BCUT2D eigenvalue weighted by Crippen LogP contribution is 2.15. The molecule has 0 atom stereocenters. The van der Waals surface area contributed by atoms with Crippen LogP contribution in [0.3, 0.4) is 0 Å². The molecule has 0 aliphatic rings. The van der Waals surface area contributed by atoms with Gasteiger partial charge < -0.3 is 9.47 Å². The first-order valence-electron chi connectivity index (χ1n) is 7.32. The van der Waals surface area contributed by atoms with Crippen LogP contribution >= 0.6 is 0 Å². The van der Waals surface area contributed by atoms with Crippen molar-refractivity contribution in [1.82, 2.24) is 0 Å². The average Bonchev–Trinajstić information content (AvgIpc) is 2.55. The summed E-state index contributed by atoms with van der Waals surface area (Å²) in [6, 6.07) is 13.8. The molecule has 0 spiro atoms. The summed E-state index contributed by atoms with van der Waals surface area (Å²) in [4.78, 5) is 22.9. The molecule has 0 saturated carbocycles. The molecule has 0 radical (unpaired) electrons. The van der Waals surface area contributed by atoms with Crippen molar-refractivity contribution in [2.45, 2.75) is 13.8 Å². The lowest BCUT2D eigenvalue weighted by Crippen LogP contribution is -2.03. The molecule has 0 heterocycles. The van der Waals surface area contributed by atoms with Crippen molar-refractivity contribution >= 4 is 17.8 Å². The molecule has 2 rings (SSSR count). The molecular formula is C19H18O4. The number of esters is 1. The molecule has 118 valence electrons. The topological polar surface area (TPSA) is 52.6 Å². The van der Waals surface area contributed by atoms with Crippen molar-refractivity contribution in [3.8, 4) is 11.5 Å². The van der Waals surface area contributed by atoms with Crippen LogP contribution in [0.2, 0.25) is 0 Å². The Balaban J connectivity index is 1.94. The maximum atomic E-state index is 11.8. The first kappa shape index (κ1) is 16.5. The summed E-state index contributed by atoms with van der Waals surface area (Å²) < 4.78 is 10.5. The number of ketones is 1. The summed E-state index contributed by atoms with van der Waals surface area (Å²) in [5, 5.41) is 0. The van der Waals surface area contributed by atoms with Gasteiger partial charge in [-0.25, -0.2) is 4.79 Å². The second-order valence-corrected chi connectivity index (χ2v) is 4.84. The van der Waals surface area contributed by atoms with Gasteiger partial charge in [-0.05, 0) is 61.9 Å². The van der Waals surface area contributed by atoms with Gasteiger partial charge in [0.25, 0.3) is 0 Å². The molecule has 0 N–H and O–H groups in total. The molecule has 0 amide bonds. The summed E-state index contributed by atoms with van der Waals surface area (Å²) in [6.07, 6.45) is 3.02. The van der Waals surface area contributed by atoms with Gasteiger partial charge in [0.1, 0.15) is 11.5 Å². The van der Waals surface area contributed by atoms with Crippen molar-refractivity contribution in [1.29, 1.82) is 0 Å². The van der Waals surface area contributed by atoms with Gasteiger partial charge in [-0.3, -0.25) is 4.79 Å². The zero-order valence-electron chi connectivity index (χ0n) is 13.1. The Kier molecular flexibility index (Phi) is 5.69. The maximum Gasteiger partial charge on any atom is 0.336 e. The summed E-state index contributed by atoms with van der Waals surface area (Å²) in [7, 11) is 0. The maximum absolute atomic E-state index is 11.8. The van der Waals surface area contributed by atoms with E-state index in [0.29, 0.717) is 17.9 Å². The second-order valence-electron chi connectivity index (χ2n) is 4.84. The summed E-state index contributed by atoms with van der Waals surface area (Å²) in [5.74, 6) is 0.682. The molecular weight excluding hydrogens is 292 g/mol.